The predicted octanol–water partition coefficient (Wildman–Crippen LogP) is 1.40. The molecule has 0 aliphatic carbocycles. The average Bonchev–Trinajstić information content (AvgIpc) is 2.41. The summed E-state index contributed by atoms with van der Waals surface area (Å²) in [5, 5.41) is 3.59. The molecule has 0 radical (unpaired) electrons. The zero-order valence-electron chi connectivity index (χ0n) is 11.8. The van der Waals surface area contributed by atoms with Crippen molar-refractivity contribution in [3.63, 3.8) is 0 Å². The van der Waals surface area contributed by atoms with Crippen molar-refractivity contribution in [1.82, 2.24) is 15.1 Å². The fourth-order valence-electron chi connectivity index (χ4n) is 3.49. The zero-order valence-corrected chi connectivity index (χ0v) is 11.8. The number of nitrogens with one attached hydrogen (secondary N) is 1. The second kappa shape index (κ2) is 6.17. The van der Waals surface area contributed by atoms with E-state index in [0.717, 1.165) is 12.0 Å². The van der Waals surface area contributed by atoms with Crippen molar-refractivity contribution in [1.29, 1.82) is 0 Å². The second-order valence-electron chi connectivity index (χ2n) is 5.72. The molecule has 0 spiro atoms. The molecule has 0 saturated carbocycles. The van der Waals surface area contributed by atoms with Gasteiger partial charge in [-0.05, 0) is 19.4 Å². The average molecular weight is 239 g/mol. The molecule has 0 aromatic carbocycles. The first-order valence-electron chi connectivity index (χ1n) is 7.42. The van der Waals surface area contributed by atoms with E-state index in [9.17, 15) is 0 Å². The molecule has 3 aliphatic rings. The van der Waals surface area contributed by atoms with Gasteiger partial charge in [0, 0.05) is 44.8 Å². The highest BCUT2D eigenvalue weighted by molar-refractivity contribution is 4.95. The Balaban J connectivity index is 1.93. The molecule has 3 rings (SSSR count). The van der Waals surface area contributed by atoms with Crippen LogP contribution in [0.25, 0.3) is 0 Å². The lowest BCUT2D eigenvalue weighted by Crippen LogP contribution is -2.66. The SMILES string of the molecule is CCC(CC)CC(NC)C1CN2CCN1CC2. The lowest BCUT2D eigenvalue weighted by Gasteiger charge is -2.50. The number of likely N-dealkylation sites (N-methyl/N-ethyl adjacent to an activating group) is 1. The normalized spacial score (nSPS) is 34.2. The summed E-state index contributed by atoms with van der Waals surface area (Å²) >= 11 is 0. The number of hydrogen-bond donors (Lipinski definition) is 1. The fraction of sp³-hybridized carbons (Fsp3) is 1.00. The smallest absolute Gasteiger partial charge is 0.0377 e. The van der Waals surface area contributed by atoms with Gasteiger partial charge in [-0.1, -0.05) is 26.7 Å². The third-order valence-electron chi connectivity index (χ3n) is 4.90. The first kappa shape index (κ1) is 13.3. The van der Waals surface area contributed by atoms with E-state index in [4.69, 9.17) is 0 Å². The Morgan fingerprint density at radius 1 is 1.12 bits per heavy atom. The van der Waals surface area contributed by atoms with Crippen molar-refractivity contribution in [2.45, 2.75) is 45.2 Å². The first-order chi connectivity index (χ1) is 8.28. The van der Waals surface area contributed by atoms with Crippen LogP contribution in [-0.2, 0) is 0 Å². The largest absolute Gasteiger partial charge is 0.315 e. The molecule has 3 aliphatic heterocycles. The van der Waals surface area contributed by atoms with E-state index < -0.39 is 0 Å². The van der Waals surface area contributed by atoms with E-state index in [1.807, 2.05) is 0 Å². The number of piperazine rings is 3. The standard InChI is InChI=1S/C14H29N3/c1-4-12(5-2)10-13(15-3)14-11-16-6-8-17(14)9-7-16/h12-15H,4-11H2,1-3H3. The van der Waals surface area contributed by atoms with Gasteiger partial charge in [0.05, 0.1) is 0 Å². The summed E-state index contributed by atoms with van der Waals surface area (Å²) in [5.41, 5.74) is 0. The molecule has 2 bridgehead atoms. The van der Waals surface area contributed by atoms with Gasteiger partial charge in [-0.15, -0.1) is 0 Å². The Morgan fingerprint density at radius 2 is 1.76 bits per heavy atom. The van der Waals surface area contributed by atoms with Crippen molar-refractivity contribution < 1.29 is 0 Å². The van der Waals surface area contributed by atoms with Crippen LogP contribution in [0.5, 0.6) is 0 Å². The molecule has 1 N–H and O–H groups in total. The highest BCUT2D eigenvalue weighted by Gasteiger charge is 2.36. The van der Waals surface area contributed by atoms with Crippen LogP contribution in [-0.4, -0.2) is 61.7 Å². The van der Waals surface area contributed by atoms with Crippen molar-refractivity contribution >= 4 is 0 Å². The predicted molar refractivity (Wildman–Crippen MR) is 73.3 cm³/mol. The van der Waals surface area contributed by atoms with Crippen LogP contribution < -0.4 is 5.32 Å². The van der Waals surface area contributed by atoms with Gasteiger partial charge in [0.2, 0.25) is 0 Å². The van der Waals surface area contributed by atoms with Crippen LogP contribution in [0.1, 0.15) is 33.1 Å². The molecule has 0 amide bonds. The topological polar surface area (TPSA) is 18.5 Å². The van der Waals surface area contributed by atoms with Crippen molar-refractivity contribution in [2.75, 3.05) is 39.8 Å². The molecule has 0 aromatic rings. The molecule has 0 aromatic heterocycles. The third kappa shape index (κ3) is 3.01. The lowest BCUT2D eigenvalue weighted by molar-refractivity contribution is -0.00590. The summed E-state index contributed by atoms with van der Waals surface area (Å²) in [6.07, 6.45) is 3.99. The summed E-state index contributed by atoms with van der Waals surface area (Å²) in [4.78, 5) is 5.35. The highest BCUT2D eigenvalue weighted by Crippen LogP contribution is 2.23. The minimum atomic E-state index is 0.683. The number of hydrogen-bond acceptors (Lipinski definition) is 3. The molecule has 2 unspecified atom stereocenters. The van der Waals surface area contributed by atoms with Gasteiger partial charge in [0.15, 0.2) is 0 Å². The van der Waals surface area contributed by atoms with E-state index in [1.165, 1.54) is 52.0 Å². The van der Waals surface area contributed by atoms with Gasteiger partial charge in [-0.25, -0.2) is 0 Å². The van der Waals surface area contributed by atoms with Gasteiger partial charge in [0.1, 0.15) is 0 Å². The fourth-order valence-corrected chi connectivity index (χ4v) is 3.49. The van der Waals surface area contributed by atoms with Crippen LogP contribution in [0.15, 0.2) is 0 Å². The van der Waals surface area contributed by atoms with E-state index in [0.29, 0.717) is 6.04 Å². The Hall–Kier alpha value is -0.120. The summed E-state index contributed by atoms with van der Waals surface area (Å²) in [7, 11) is 2.14. The van der Waals surface area contributed by atoms with Crippen LogP contribution >= 0.6 is 0 Å². The molecule has 100 valence electrons. The van der Waals surface area contributed by atoms with Gasteiger partial charge in [-0.2, -0.15) is 0 Å². The molecule has 3 nitrogen and oxygen atoms in total. The van der Waals surface area contributed by atoms with Gasteiger partial charge >= 0.3 is 0 Å². The Bertz CT molecular complexity index is 220. The quantitative estimate of drug-likeness (QED) is 0.756. The van der Waals surface area contributed by atoms with E-state index >= 15 is 0 Å². The number of fused-ring (bicyclic) bond motifs is 3. The minimum absolute atomic E-state index is 0.683. The Morgan fingerprint density at radius 3 is 2.18 bits per heavy atom. The van der Waals surface area contributed by atoms with Crippen molar-refractivity contribution in [2.24, 2.45) is 5.92 Å². The molecule has 17 heavy (non-hydrogen) atoms. The van der Waals surface area contributed by atoms with Gasteiger partial charge < -0.3 is 5.32 Å². The molecular weight excluding hydrogens is 210 g/mol. The van der Waals surface area contributed by atoms with Crippen LogP contribution in [0.3, 0.4) is 0 Å². The van der Waals surface area contributed by atoms with Crippen LogP contribution in [0.2, 0.25) is 0 Å². The summed E-state index contributed by atoms with van der Waals surface area (Å²) < 4.78 is 0. The maximum Gasteiger partial charge on any atom is 0.0377 e. The van der Waals surface area contributed by atoms with Crippen LogP contribution in [0.4, 0.5) is 0 Å². The molecule has 2 atom stereocenters. The summed E-state index contributed by atoms with van der Waals surface area (Å²) in [5.74, 6) is 0.893. The molecular formula is C14H29N3. The van der Waals surface area contributed by atoms with Crippen molar-refractivity contribution in [3.05, 3.63) is 0 Å². The third-order valence-corrected chi connectivity index (χ3v) is 4.90. The zero-order chi connectivity index (χ0) is 12.3. The maximum atomic E-state index is 3.59. The van der Waals surface area contributed by atoms with E-state index in [-0.39, 0.29) is 0 Å². The lowest BCUT2D eigenvalue weighted by atomic mass is 9.89. The Kier molecular flexibility index (Phi) is 4.83. The number of rotatable bonds is 6. The second-order valence-corrected chi connectivity index (χ2v) is 5.72. The van der Waals surface area contributed by atoms with E-state index in [1.54, 1.807) is 0 Å². The van der Waals surface area contributed by atoms with Gasteiger partial charge in [-0.3, -0.25) is 9.80 Å². The van der Waals surface area contributed by atoms with Crippen LogP contribution in [0, 0.1) is 5.92 Å². The number of nitrogens with zero attached hydrogens (tertiary/aromatic N) is 2. The molecule has 3 saturated heterocycles. The monoisotopic (exact) mass is 239 g/mol. The molecule has 3 heteroatoms. The van der Waals surface area contributed by atoms with Gasteiger partial charge in [0.25, 0.3) is 0 Å². The first-order valence-corrected chi connectivity index (χ1v) is 7.42. The maximum absolute atomic E-state index is 3.59. The summed E-state index contributed by atoms with van der Waals surface area (Å²) in [6.45, 7) is 11.1. The van der Waals surface area contributed by atoms with Crippen molar-refractivity contribution in [3.8, 4) is 0 Å². The Labute approximate surface area is 107 Å². The molecule has 3 heterocycles. The molecule has 3 fully saturated rings. The highest BCUT2D eigenvalue weighted by atomic mass is 15.4. The van der Waals surface area contributed by atoms with E-state index in [2.05, 4.69) is 36.0 Å². The summed E-state index contributed by atoms with van der Waals surface area (Å²) in [6, 6.07) is 1.44. The minimum Gasteiger partial charge on any atom is -0.315 e.